The van der Waals surface area contributed by atoms with Gasteiger partial charge in [-0.25, -0.2) is 0 Å². The highest BCUT2D eigenvalue weighted by atomic mass is 127. The molecule has 0 heterocycles. The Labute approximate surface area is 74.2 Å². The topological polar surface area (TPSA) is 20.2 Å². The normalized spacial score (nSPS) is 9.80. The van der Waals surface area contributed by atoms with Gasteiger partial charge in [-0.2, -0.15) is 0 Å². The number of phenols is 1. The number of halogens is 1. The van der Waals surface area contributed by atoms with Crippen LogP contribution in [0.5, 0.6) is 5.75 Å². The minimum Gasteiger partial charge on any atom is -0.508 e. The molecule has 1 aromatic rings. The van der Waals surface area contributed by atoms with Crippen molar-refractivity contribution in [1.29, 1.82) is 0 Å². The van der Waals surface area contributed by atoms with Gasteiger partial charge in [-0.3, -0.25) is 0 Å². The zero-order valence-electron chi connectivity index (χ0n) is 5.76. The molecule has 0 radical (unpaired) electrons. The van der Waals surface area contributed by atoms with E-state index in [1.165, 1.54) is 5.56 Å². The van der Waals surface area contributed by atoms with Crippen molar-refractivity contribution in [2.75, 3.05) is 0 Å². The molecule has 0 fully saturated rings. The SMILES string of the molecule is Cc1ccc(O)c(CI)c1. The Morgan fingerprint density at radius 2 is 2.20 bits per heavy atom. The molecule has 10 heavy (non-hydrogen) atoms. The average molecular weight is 248 g/mol. The van der Waals surface area contributed by atoms with Gasteiger partial charge in [0.2, 0.25) is 0 Å². The monoisotopic (exact) mass is 248 g/mol. The van der Waals surface area contributed by atoms with Crippen LogP contribution in [0.3, 0.4) is 0 Å². The quantitative estimate of drug-likeness (QED) is 0.598. The van der Waals surface area contributed by atoms with E-state index in [9.17, 15) is 5.11 Å². The first-order valence-electron chi connectivity index (χ1n) is 3.08. The van der Waals surface area contributed by atoms with Crippen LogP contribution < -0.4 is 0 Å². The van der Waals surface area contributed by atoms with Crippen molar-refractivity contribution < 1.29 is 5.11 Å². The molecule has 1 N–H and O–H groups in total. The highest BCUT2D eigenvalue weighted by Gasteiger charge is 1.96. The molecule has 1 nitrogen and oxygen atoms in total. The molecule has 1 rings (SSSR count). The van der Waals surface area contributed by atoms with Crippen LogP contribution in [0.2, 0.25) is 0 Å². The summed E-state index contributed by atoms with van der Waals surface area (Å²) < 4.78 is 0.866. The van der Waals surface area contributed by atoms with E-state index in [2.05, 4.69) is 22.6 Å². The fraction of sp³-hybridized carbons (Fsp3) is 0.250. The Kier molecular flexibility index (Phi) is 2.54. The number of hydrogen-bond acceptors (Lipinski definition) is 1. The molecule has 0 aliphatic rings. The summed E-state index contributed by atoms with van der Waals surface area (Å²) in [4.78, 5) is 0. The van der Waals surface area contributed by atoms with Crippen LogP contribution in [0.1, 0.15) is 11.1 Å². The summed E-state index contributed by atoms with van der Waals surface area (Å²) in [5, 5.41) is 9.23. The largest absolute Gasteiger partial charge is 0.508 e. The molecule has 0 aliphatic carbocycles. The lowest BCUT2D eigenvalue weighted by Gasteiger charge is -2.00. The molecule has 0 aromatic heterocycles. The maximum Gasteiger partial charge on any atom is 0.119 e. The van der Waals surface area contributed by atoms with E-state index in [0.717, 1.165) is 9.99 Å². The van der Waals surface area contributed by atoms with E-state index in [-0.39, 0.29) is 0 Å². The van der Waals surface area contributed by atoms with Crippen molar-refractivity contribution in [3.8, 4) is 5.75 Å². The van der Waals surface area contributed by atoms with Crippen molar-refractivity contribution in [2.24, 2.45) is 0 Å². The van der Waals surface area contributed by atoms with E-state index in [0.29, 0.717) is 5.75 Å². The zero-order chi connectivity index (χ0) is 7.56. The molecule has 0 unspecified atom stereocenters. The molecule has 0 saturated heterocycles. The predicted octanol–water partition coefficient (Wildman–Crippen LogP) is 2.64. The molecule has 0 saturated carbocycles. The van der Waals surface area contributed by atoms with Crippen molar-refractivity contribution in [3.63, 3.8) is 0 Å². The highest BCUT2D eigenvalue weighted by Crippen LogP contribution is 2.20. The number of alkyl halides is 1. The van der Waals surface area contributed by atoms with Crippen LogP contribution in [0.25, 0.3) is 0 Å². The third kappa shape index (κ3) is 1.62. The number of phenolic OH excluding ortho intramolecular Hbond substituents is 1. The standard InChI is InChI=1S/C8H9IO/c1-6-2-3-8(10)7(4-6)5-9/h2-4,10H,5H2,1H3. The predicted molar refractivity (Wildman–Crippen MR) is 50.6 cm³/mol. The van der Waals surface area contributed by atoms with E-state index < -0.39 is 0 Å². The molecular weight excluding hydrogens is 239 g/mol. The van der Waals surface area contributed by atoms with Gasteiger partial charge in [0.15, 0.2) is 0 Å². The van der Waals surface area contributed by atoms with Gasteiger partial charge in [0.1, 0.15) is 5.75 Å². The third-order valence-corrected chi connectivity index (χ3v) is 2.20. The fourth-order valence-corrected chi connectivity index (χ4v) is 1.43. The van der Waals surface area contributed by atoms with E-state index in [4.69, 9.17) is 0 Å². The Hall–Kier alpha value is -0.250. The summed E-state index contributed by atoms with van der Waals surface area (Å²) in [6.07, 6.45) is 0. The fourth-order valence-electron chi connectivity index (χ4n) is 0.821. The number of rotatable bonds is 1. The van der Waals surface area contributed by atoms with Crippen LogP contribution in [0.4, 0.5) is 0 Å². The van der Waals surface area contributed by atoms with Crippen molar-refractivity contribution in [1.82, 2.24) is 0 Å². The van der Waals surface area contributed by atoms with Crippen LogP contribution in [0, 0.1) is 6.92 Å². The molecular formula is C8H9IO. The summed E-state index contributed by atoms with van der Waals surface area (Å²) in [6, 6.07) is 5.65. The summed E-state index contributed by atoms with van der Waals surface area (Å²) >= 11 is 2.24. The van der Waals surface area contributed by atoms with Gasteiger partial charge >= 0.3 is 0 Å². The molecule has 54 valence electrons. The first kappa shape index (κ1) is 7.85. The van der Waals surface area contributed by atoms with E-state index >= 15 is 0 Å². The molecule has 2 heteroatoms. The van der Waals surface area contributed by atoms with Crippen LogP contribution >= 0.6 is 22.6 Å². The Morgan fingerprint density at radius 1 is 1.50 bits per heavy atom. The first-order chi connectivity index (χ1) is 4.74. The van der Waals surface area contributed by atoms with Gasteiger partial charge in [-0.05, 0) is 13.0 Å². The Morgan fingerprint density at radius 3 is 2.70 bits per heavy atom. The number of aryl methyl sites for hydroxylation is 1. The summed E-state index contributed by atoms with van der Waals surface area (Å²) in [5.41, 5.74) is 2.21. The number of benzene rings is 1. The maximum atomic E-state index is 9.23. The van der Waals surface area contributed by atoms with Gasteiger partial charge < -0.3 is 5.11 Å². The van der Waals surface area contributed by atoms with E-state index in [1.54, 1.807) is 6.07 Å². The number of hydrogen-bond donors (Lipinski definition) is 1. The molecule has 0 bridgehead atoms. The third-order valence-electron chi connectivity index (χ3n) is 1.38. The maximum absolute atomic E-state index is 9.23. The molecule has 0 spiro atoms. The van der Waals surface area contributed by atoms with Gasteiger partial charge in [0.25, 0.3) is 0 Å². The van der Waals surface area contributed by atoms with Gasteiger partial charge in [0, 0.05) is 9.99 Å². The van der Waals surface area contributed by atoms with Crippen LogP contribution in [-0.4, -0.2) is 5.11 Å². The lowest BCUT2D eigenvalue weighted by Crippen LogP contribution is -1.79. The van der Waals surface area contributed by atoms with Crippen LogP contribution in [0.15, 0.2) is 18.2 Å². The Bertz CT molecular complexity index is 233. The first-order valence-corrected chi connectivity index (χ1v) is 4.61. The van der Waals surface area contributed by atoms with E-state index in [1.807, 2.05) is 19.1 Å². The Balaban J connectivity index is 3.09. The zero-order valence-corrected chi connectivity index (χ0v) is 7.92. The average Bonchev–Trinajstić information content (AvgIpc) is 1.94. The van der Waals surface area contributed by atoms with Crippen molar-refractivity contribution in [2.45, 2.75) is 11.4 Å². The highest BCUT2D eigenvalue weighted by molar-refractivity contribution is 14.1. The second kappa shape index (κ2) is 3.23. The second-order valence-electron chi connectivity index (χ2n) is 2.27. The second-order valence-corrected chi connectivity index (χ2v) is 3.03. The summed E-state index contributed by atoms with van der Waals surface area (Å²) in [7, 11) is 0. The molecule has 0 amide bonds. The summed E-state index contributed by atoms with van der Waals surface area (Å²) in [5.74, 6) is 0.403. The smallest absolute Gasteiger partial charge is 0.119 e. The molecule has 0 atom stereocenters. The van der Waals surface area contributed by atoms with Gasteiger partial charge in [0.05, 0.1) is 0 Å². The van der Waals surface area contributed by atoms with Gasteiger partial charge in [-0.15, -0.1) is 0 Å². The van der Waals surface area contributed by atoms with Crippen LogP contribution in [-0.2, 0) is 4.43 Å². The molecule has 1 aromatic carbocycles. The van der Waals surface area contributed by atoms with Gasteiger partial charge in [-0.1, -0.05) is 40.3 Å². The lowest BCUT2D eigenvalue weighted by atomic mass is 10.1. The van der Waals surface area contributed by atoms with Crippen molar-refractivity contribution >= 4 is 22.6 Å². The number of aromatic hydroxyl groups is 1. The minimum absolute atomic E-state index is 0.403. The summed E-state index contributed by atoms with van der Waals surface area (Å²) in [6.45, 7) is 2.02. The minimum atomic E-state index is 0.403. The van der Waals surface area contributed by atoms with Crippen molar-refractivity contribution in [3.05, 3.63) is 29.3 Å². The lowest BCUT2D eigenvalue weighted by molar-refractivity contribution is 0.471. The molecule has 0 aliphatic heterocycles.